The molecule has 0 aliphatic rings. The number of benzene rings is 4. The second kappa shape index (κ2) is 14.2. The summed E-state index contributed by atoms with van der Waals surface area (Å²) in [5.74, 6) is -0.781. The topological polar surface area (TPSA) is 86.8 Å². The third-order valence-electron chi connectivity index (χ3n) is 7.24. The van der Waals surface area contributed by atoms with Crippen LogP contribution in [0.3, 0.4) is 0 Å². The molecule has 0 aliphatic carbocycles. The van der Waals surface area contributed by atoms with Crippen molar-refractivity contribution in [2.75, 3.05) is 10.8 Å². The first-order valence-corrected chi connectivity index (χ1v) is 15.8. The molecule has 7 nitrogen and oxygen atoms in total. The summed E-state index contributed by atoms with van der Waals surface area (Å²) >= 11 is 0. The number of carbonyl (C=O) groups is 2. The summed E-state index contributed by atoms with van der Waals surface area (Å²) in [6.07, 6.45) is 0.271. The second-order valence-electron chi connectivity index (χ2n) is 11.0. The van der Waals surface area contributed by atoms with Crippen molar-refractivity contribution in [3.8, 4) is 0 Å². The minimum atomic E-state index is -4.12. The van der Waals surface area contributed by atoms with Crippen LogP contribution in [0.4, 0.5) is 5.69 Å². The molecule has 43 heavy (non-hydrogen) atoms. The SMILES string of the molecule is Cc1ccc(S(=O)(=O)N(CC(=O)N(Cc2ccccc2C)[C@@H](Cc2ccccc2)C(=O)NC(C)C)c2ccccc2)cc1. The van der Waals surface area contributed by atoms with Gasteiger partial charge in [0.15, 0.2) is 0 Å². The number of nitrogens with zero attached hydrogens (tertiary/aromatic N) is 2. The van der Waals surface area contributed by atoms with E-state index in [9.17, 15) is 18.0 Å². The Bertz CT molecular complexity index is 1620. The van der Waals surface area contributed by atoms with Crippen LogP contribution in [0.25, 0.3) is 0 Å². The standard InChI is InChI=1S/C35H39N3O4S/c1-26(2)36-35(40)33(23-29-14-7-5-8-15-29)37(24-30-16-12-11-13-28(30)4)34(39)25-38(31-17-9-6-10-18-31)43(41,42)32-21-19-27(3)20-22-32/h5-22,26,33H,23-25H2,1-4H3,(H,36,40)/t33-/m0/s1. The fourth-order valence-corrected chi connectivity index (χ4v) is 6.28. The van der Waals surface area contributed by atoms with Gasteiger partial charge in [-0.1, -0.05) is 90.5 Å². The molecular formula is C35H39N3O4S. The Hall–Kier alpha value is -4.43. The number of carbonyl (C=O) groups excluding carboxylic acids is 2. The number of para-hydroxylation sites is 1. The van der Waals surface area contributed by atoms with Crippen molar-refractivity contribution in [2.24, 2.45) is 0 Å². The van der Waals surface area contributed by atoms with Gasteiger partial charge in [-0.3, -0.25) is 13.9 Å². The van der Waals surface area contributed by atoms with Crippen molar-refractivity contribution in [2.45, 2.75) is 57.6 Å². The zero-order chi connectivity index (χ0) is 31.0. The van der Waals surface area contributed by atoms with Gasteiger partial charge < -0.3 is 10.2 Å². The lowest BCUT2D eigenvalue weighted by molar-refractivity contribution is -0.140. The zero-order valence-electron chi connectivity index (χ0n) is 25.1. The van der Waals surface area contributed by atoms with Crippen LogP contribution >= 0.6 is 0 Å². The van der Waals surface area contributed by atoms with Crippen molar-refractivity contribution < 1.29 is 18.0 Å². The highest BCUT2D eigenvalue weighted by Crippen LogP contribution is 2.25. The van der Waals surface area contributed by atoms with Gasteiger partial charge in [0, 0.05) is 19.0 Å². The van der Waals surface area contributed by atoms with E-state index in [-0.39, 0.29) is 29.8 Å². The summed E-state index contributed by atoms with van der Waals surface area (Å²) in [7, 11) is -4.12. The fraction of sp³-hybridized carbons (Fsp3) is 0.257. The number of hydrogen-bond donors (Lipinski definition) is 1. The number of sulfonamides is 1. The van der Waals surface area contributed by atoms with Crippen LogP contribution < -0.4 is 9.62 Å². The van der Waals surface area contributed by atoms with Gasteiger partial charge in [-0.15, -0.1) is 0 Å². The summed E-state index contributed by atoms with van der Waals surface area (Å²) in [6, 6.07) is 31.3. The molecule has 8 heteroatoms. The highest BCUT2D eigenvalue weighted by atomic mass is 32.2. The molecular weight excluding hydrogens is 558 g/mol. The van der Waals surface area contributed by atoms with Gasteiger partial charge in [0.1, 0.15) is 12.6 Å². The maximum Gasteiger partial charge on any atom is 0.264 e. The summed E-state index contributed by atoms with van der Waals surface area (Å²) < 4.78 is 29.2. The second-order valence-corrected chi connectivity index (χ2v) is 12.8. The number of hydrogen-bond acceptors (Lipinski definition) is 4. The first kappa shape index (κ1) is 31.5. The Labute approximate surface area is 255 Å². The monoisotopic (exact) mass is 597 g/mol. The molecule has 4 aromatic carbocycles. The van der Waals surface area contributed by atoms with Crippen LogP contribution in [0.15, 0.2) is 114 Å². The van der Waals surface area contributed by atoms with E-state index in [4.69, 9.17) is 0 Å². The minimum absolute atomic E-state index is 0.0820. The molecule has 0 fully saturated rings. The molecule has 0 unspecified atom stereocenters. The van der Waals surface area contributed by atoms with Crippen LogP contribution in [0.1, 0.15) is 36.1 Å². The molecule has 224 valence electrons. The van der Waals surface area contributed by atoms with E-state index in [0.29, 0.717) is 5.69 Å². The van der Waals surface area contributed by atoms with Crippen molar-refractivity contribution in [3.63, 3.8) is 0 Å². The summed E-state index contributed by atoms with van der Waals surface area (Å²) in [5.41, 5.74) is 4.01. The van der Waals surface area contributed by atoms with Gasteiger partial charge in [0.2, 0.25) is 11.8 Å². The van der Waals surface area contributed by atoms with Crippen LogP contribution in [-0.4, -0.2) is 43.8 Å². The summed E-state index contributed by atoms with van der Waals surface area (Å²) in [4.78, 5) is 29.8. The average Bonchev–Trinajstić information content (AvgIpc) is 2.99. The lowest BCUT2D eigenvalue weighted by Crippen LogP contribution is -2.54. The number of rotatable bonds is 12. The van der Waals surface area contributed by atoms with E-state index in [1.165, 1.54) is 4.90 Å². The van der Waals surface area contributed by atoms with E-state index in [0.717, 1.165) is 26.6 Å². The van der Waals surface area contributed by atoms with Gasteiger partial charge in [-0.05, 0) is 68.7 Å². The van der Waals surface area contributed by atoms with E-state index < -0.39 is 28.5 Å². The quantitative estimate of drug-likeness (QED) is 0.228. The van der Waals surface area contributed by atoms with Crippen LogP contribution in [0.2, 0.25) is 0 Å². The molecule has 0 radical (unpaired) electrons. The first-order valence-electron chi connectivity index (χ1n) is 14.4. The number of nitrogens with one attached hydrogen (secondary N) is 1. The van der Waals surface area contributed by atoms with Crippen molar-refractivity contribution in [3.05, 3.63) is 131 Å². The maximum atomic E-state index is 14.4. The fourth-order valence-electron chi connectivity index (χ4n) is 4.87. The third kappa shape index (κ3) is 8.11. The normalized spacial score (nSPS) is 12.0. The number of aryl methyl sites for hydroxylation is 2. The Balaban J connectivity index is 1.79. The third-order valence-corrected chi connectivity index (χ3v) is 9.02. The highest BCUT2D eigenvalue weighted by Gasteiger charge is 2.35. The molecule has 4 aromatic rings. The molecule has 0 bridgehead atoms. The van der Waals surface area contributed by atoms with Crippen LogP contribution in [-0.2, 0) is 32.6 Å². The zero-order valence-corrected chi connectivity index (χ0v) is 25.9. The number of anilines is 1. The van der Waals surface area contributed by atoms with E-state index >= 15 is 0 Å². The molecule has 0 saturated heterocycles. The lowest BCUT2D eigenvalue weighted by atomic mass is 10.0. The molecule has 0 saturated carbocycles. The van der Waals surface area contributed by atoms with Crippen LogP contribution in [0.5, 0.6) is 0 Å². The van der Waals surface area contributed by atoms with Crippen molar-refractivity contribution in [1.82, 2.24) is 10.2 Å². The van der Waals surface area contributed by atoms with Gasteiger partial charge >= 0.3 is 0 Å². The van der Waals surface area contributed by atoms with E-state index in [1.54, 1.807) is 54.6 Å². The minimum Gasteiger partial charge on any atom is -0.352 e. The average molecular weight is 598 g/mol. The summed E-state index contributed by atoms with van der Waals surface area (Å²) in [5, 5.41) is 2.98. The molecule has 2 amide bonds. The Morgan fingerprint density at radius 2 is 1.35 bits per heavy atom. The summed E-state index contributed by atoms with van der Waals surface area (Å²) in [6.45, 7) is 7.24. The van der Waals surface area contributed by atoms with Crippen molar-refractivity contribution >= 4 is 27.5 Å². The Kier molecular flexibility index (Phi) is 10.4. The lowest BCUT2D eigenvalue weighted by Gasteiger charge is -2.34. The predicted octanol–water partition coefficient (Wildman–Crippen LogP) is 5.66. The Morgan fingerprint density at radius 3 is 1.95 bits per heavy atom. The van der Waals surface area contributed by atoms with Gasteiger partial charge in [-0.25, -0.2) is 8.42 Å². The molecule has 0 spiro atoms. The highest BCUT2D eigenvalue weighted by molar-refractivity contribution is 7.92. The number of amides is 2. The molecule has 4 rings (SSSR count). The largest absolute Gasteiger partial charge is 0.352 e. The molecule has 1 N–H and O–H groups in total. The van der Waals surface area contributed by atoms with Crippen LogP contribution in [0, 0.1) is 13.8 Å². The van der Waals surface area contributed by atoms with E-state index in [1.807, 2.05) is 82.3 Å². The Morgan fingerprint density at radius 1 is 0.767 bits per heavy atom. The molecule has 1 atom stereocenters. The van der Waals surface area contributed by atoms with Gasteiger partial charge in [0.25, 0.3) is 10.0 Å². The van der Waals surface area contributed by atoms with Gasteiger partial charge in [0.05, 0.1) is 10.6 Å². The predicted molar refractivity (Wildman–Crippen MR) is 171 cm³/mol. The molecule has 0 aromatic heterocycles. The molecule has 0 aliphatic heterocycles. The van der Waals surface area contributed by atoms with E-state index in [2.05, 4.69) is 5.32 Å². The van der Waals surface area contributed by atoms with Crippen molar-refractivity contribution in [1.29, 1.82) is 0 Å². The maximum absolute atomic E-state index is 14.4. The first-order chi connectivity index (χ1) is 20.6. The smallest absolute Gasteiger partial charge is 0.264 e. The van der Waals surface area contributed by atoms with Gasteiger partial charge in [-0.2, -0.15) is 0 Å². The molecule has 0 heterocycles.